The smallest absolute Gasteiger partial charge is 0.314 e. The van der Waals surface area contributed by atoms with Crippen LogP contribution in [0.5, 0.6) is 0 Å². The standard InChI is InChI=1S/C17H18F3N5O/c18-17(19,20)14-4-2-1-3-13(14)16(26)24-15-10-22-12(9-23-15)11-25-7-5-21-6-8-25/h1-4,9-10,21H,5-8,11H2,(H,23,24,26). The zero-order chi connectivity index (χ0) is 18.6. The summed E-state index contributed by atoms with van der Waals surface area (Å²) in [6.45, 7) is 4.29. The van der Waals surface area contributed by atoms with E-state index in [2.05, 4.69) is 25.5 Å². The molecular formula is C17H18F3N5O. The first-order valence-corrected chi connectivity index (χ1v) is 8.15. The third-order valence-corrected chi connectivity index (χ3v) is 4.02. The van der Waals surface area contributed by atoms with Crippen molar-refractivity contribution in [1.29, 1.82) is 0 Å². The van der Waals surface area contributed by atoms with Gasteiger partial charge in [-0.1, -0.05) is 12.1 Å². The van der Waals surface area contributed by atoms with E-state index in [1.807, 2.05) is 0 Å². The van der Waals surface area contributed by atoms with Crippen LogP contribution in [-0.2, 0) is 12.7 Å². The molecule has 0 radical (unpaired) electrons. The van der Waals surface area contributed by atoms with Gasteiger partial charge in [-0.15, -0.1) is 0 Å². The number of nitrogens with one attached hydrogen (secondary N) is 2. The van der Waals surface area contributed by atoms with Crippen LogP contribution in [0, 0.1) is 0 Å². The highest BCUT2D eigenvalue weighted by molar-refractivity contribution is 6.04. The second-order valence-electron chi connectivity index (χ2n) is 5.92. The molecule has 1 aliphatic heterocycles. The van der Waals surface area contributed by atoms with Crippen molar-refractivity contribution >= 4 is 11.7 Å². The number of aromatic nitrogens is 2. The van der Waals surface area contributed by atoms with E-state index in [1.165, 1.54) is 24.5 Å². The lowest BCUT2D eigenvalue weighted by molar-refractivity contribution is -0.137. The number of piperazine rings is 1. The minimum atomic E-state index is -4.60. The van der Waals surface area contributed by atoms with Crippen molar-refractivity contribution in [2.24, 2.45) is 0 Å². The number of carbonyl (C=O) groups is 1. The number of amides is 1. The fraction of sp³-hybridized carbons (Fsp3) is 0.353. The Hall–Kier alpha value is -2.52. The molecule has 2 heterocycles. The third-order valence-electron chi connectivity index (χ3n) is 4.02. The Morgan fingerprint density at radius 2 is 1.88 bits per heavy atom. The number of nitrogens with zero attached hydrogens (tertiary/aromatic N) is 3. The maximum atomic E-state index is 13.0. The van der Waals surface area contributed by atoms with Crippen molar-refractivity contribution in [3.8, 4) is 0 Å². The average Bonchev–Trinajstić information content (AvgIpc) is 2.63. The molecule has 1 aromatic heterocycles. The Morgan fingerprint density at radius 3 is 2.54 bits per heavy atom. The highest BCUT2D eigenvalue weighted by Crippen LogP contribution is 2.32. The highest BCUT2D eigenvalue weighted by atomic mass is 19.4. The van der Waals surface area contributed by atoms with Crippen molar-refractivity contribution in [1.82, 2.24) is 20.2 Å². The van der Waals surface area contributed by atoms with Crippen LogP contribution in [-0.4, -0.2) is 47.0 Å². The molecule has 9 heteroatoms. The van der Waals surface area contributed by atoms with Crippen LogP contribution in [0.25, 0.3) is 0 Å². The quantitative estimate of drug-likeness (QED) is 0.869. The zero-order valence-corrected chi connectivity index (χ0v) is 13.9. The van der Waals surface area contributed by atoms with Gasteiger partial charge >= 0.3 is 6.18 Å². The van der Waals surface area contributed by atoms with Crippen molar-refractivity contribution in [3.05, 3.63) is 53.5 Å². The minimum Gasteiger partial charge on any atom is -0.314 e. The molecule has 0 atom stereocenters. The van der Waals surface area contributed by atoms with Gasteiger partial charge in [-0.25, -0.2) is 4.98 Å². The summed E-state index contributed by atoms with van der Waals surface area (Å²) in [6, 6.07) is 4.62. The van der Waals surface area contributed by atoms with Gasteiger partial charge in [0.05, 0.1) is 29.2 Å². The first kappa shape index (κ1) is 18.3. The van der Waals surface area contributed by atoms with Crippen LogP contribution in [0.4, 0.5) is 19.0 Å². The number of anilines is 1. The summed E-state index contributed by atoms with van der Waals surface area (Å²) in [6.07, 6.45) is -1.73. The van der Waals surface area contributed by atoms with Gasteiger partial charge in [-0.05, 0) is 12.1 Å². The van der Waals surface area contributed by atoms with Gasteiger partial charge in [0.15, 0.2) is 5.82 Å². The van der Waals surface area contributed by atoms with Crippen LogP contribution in [0.15, 0.2) is 36.7 Å². The molecule has 0 spiro atoms. The van der Waals surface area contributed by atoms with Crippen molar-refractivity contribution in [2.75, 3.05) is 31.5 Å². The van der Waals surface area contributed by atoms with Gasteiger partial charge in [0, 0.05) is 32.7 Å². The molecule has 1 amide bonds. The Kier molecular flexibility index (Phi) is 5.48. The lowest BCUT2D eigenvalue weighted by Crippen LogP contribution is -2.43. The average molecular weight is 365 g/mol. The number of benzene rings is 1. The van der Waals surface area contributed by atoms with E-state index in [0.717, 1.165) is 44.0 Å². The topological polar surface area (TPSA) is 70.2 Å². The van der Waals surface area contributed by atoms with Gasteiger partial charge in [0.25, 0.3) is 5.91 Å². The molecule has 2 aromatic rings. The molecule has 2 N–H and O–H groups in total. The molecular weight excluding hydrogens is 347 g/mol. The van der Waals surface area contributed by atoms with Gasteiger partial charge in [0.1, 0.15) is 0 Å². The maximum absolute atomic E-state index is 13.0. The Balaban J connectivity index is 1.67. The lowest BCUT2D eigenvalue weighted by Gasteiger charge is -2.26. The first-order chi connectivity index (χ1) is 12.4. The molecule has 0 bridgehead atoms. The summed E-state index contributed by atoms with van der Waals surface area (Å²) >= 11 is 0. The molecule has 0 aliphatic carbocycles. The SMILES string of the molecule is O=C(Nc1cnc(CN2CCNCC2)cn1)c1ccccc1C(F)(F)F. The first-order valence-electron chi connectivity index (χ1n) is 8.15. The molecule has 1 saturated heterocycles. The molecule has 0 saturated carbocycles. The van der Waals surface area contributed by atoms with Gasteiger partial charge < -0.3 is 10.6 Å². The van der Waals surface area contributed by atoms with Crippen LogP contribution < -0.4 is 10.6 Å². The lowest BCUT2D eigenvalue weighted by atomic mass is 10.1. The van der Waals surface area contributed by atoms with Gasteiger partial charge in [0.2, 0.25) is 0 Å². The Labute approximate surface area is 148 Å². The summed E-state index contributed by atoms with van der Waals surface area (Å²) in [5.74, 6) is -0.766. The molecule has 26 heavy (non-hydrogen) atoms. The maximum Gasteiger partial charge on any atom is 0.417 e. The monoisotopic (exact) mass is 365 g/mol. The molecule has 3 rings (SSSR count). The largest absolute Gasteiger partial charge is 0.417 e. The molecule has 1 aromatic carbocycles. The van der Waals surface area contributed by atoms with Gasteiger partial charge in [-0.2, -0.15) is 13.2 Å². The summed E-state index contributed by atoms with van der Waals surface area (Å²) in [7, 11) is 0. The predicted molar refractivity (Wildman–Crippen MR) is 89.6 cm³/mol. The molecule has 1 fully saturated rings. The summed E-state index contributed by atoms with van der Waals surface area (Å²) in [5.41, 5.74) is -0.701. The number of halogens is 3. The van der Waals surface area contributed by atoms with E-state index in [4.69, 9.17) is 0 Å². The zero-order valence-electron chi connectivity index (χ0n) is 13.9. The number of hydrogen-bond acceptors (Lipinski definition) is 5. The molecule has 1 aliphatic rings. The van der Waals surface area contributed by atoms with Crippen molar-refractivity contribution in [3.63, 3.8) is 0 Å². The number of carbonyl (C=O) groups excluding carboxylic acids is 1. The second kappa shape index (κ2) is 7.79. The molecule has 6 nitrogen and oxygen atoms in total. The third kappa shape index (κ3) is 4.55. The van der Waals surface area contributed by atoms with E-state index >= 15 is 0 Å². The summed E-state index contributed by atoms with van der Waals surface area (Å²) in [5, 5.41) is 5.62. The summed E-state index contributed by atoms with van der Waals surface area (Å²) < 4.78 is 39.0. The number of rotatable bonds is 4. The fourth-order valence-electron chi connectivity index (χ4n) is 2.71. The Morgan fingerprint density at radius 1 is 1.15 bits per heavy atom. The van der Waals surface area contributed by atoms with E-state index < -0.39 is 23.2 Å². The number of alkyl halides is 3. The normalized spacial score (nSPS) is 15.7. The van der Waals surface area contributed by atoms with Crippen LogP contribution >= 0.6 is 0 Å². The van der Waals surface area contributed by atoms with E-state index in [9.17, 15) is 18.0 Å². The fourth-order valence-corrected chi connectivity index (χ4v) is 2.71. The summed E-state index contributed by atoms with van der Waals surface area (Å²) in [4.78, 5) is 22.7. The Bertz CT molecular complexity index is 758. The van der Waals surface area contributed by atoms with Crippen molar-refractivity contribution in [2.45, 2.75) is 12.7 Å². The predicted octanol–water partition coefficient (Wildman–Crippen LogP) is 2.15. The molecule has 0 unspecified atom stereocenters. The van der Waals surface area contributed by atoms with Crippen LogP contribution in [0.1, 0.15) is 21.6 Å². The molecule has 138 valence electrons. The highest BCUT2D eigenvalue weighted by Gasteiger charge is 2.34. The van der Waals surface area contributed by atoms with Crippen molar-refractivity contribution < 1.29 is 18.0 Å². The van der Waals surface area contributed by atoms with Gasteiger partial charge in [-0.3, -0.25) is 14.7 Å². The number of hydrogen-bond donors (Lipinski definition) is 2. The second-order valence-corrected chi connectivity index (χ2v) is 5.92. The van der Waals surface area contributed by atoms with E-state index in [0.29, 0.717) is 6.54 Å². The van der Waals surface area contributed by atoms with Crippen LogP contribution in [0.3, 0.4) is 0 Å². The van der Waals surface area contributed by atoms with E-state index in [-0.39, 0.29) is 5.82 Å². The van der Waals surface area contributed by atoms with Crippen LogP contribution in [0.2, 0.25) is 0 Å². The van der Waals surface area contributed by atoms with E-state index in [1.54, 1.807) is 0 Å². The minimum absolute atomic E-state index is 0.107.